The Hall–Kier alpha value is -2.82. The number of pyridine rings is 1. The van der Waals surface area contributed by atoms with Gasteiger partial charge in [-0.15, -0.1) is 0 Å². The average Bonchev–Trinajstić information content (AvgIpc) is 2.85. The number of H-pyrrole nitrogens is 1. The fraction of sp³-hybridized carbons (Fsp3) is 0.176. The Labute approximate surface area is 127 Å². The van der Waals surface area contributed by atoms with E-state index in [9.17, 15) is 9.90 Å². The van der Waals surface area contributed by atoms with Gasteiger partial charge in [0, 0.05) is 22.7 Å². The molecule has 0 unspecified atom stereocenters. The van der Waals surface area contributed by atoms with Crippen molar-refractivity contribution >= 4 is 22.7 Å². The molecule has 3 aromatic rings. The van der Waals surface area contributed by atoms with Crippen molar-refractivity contribution < 1.29 is 9.90 Å². The SMILES string of the molecule is CC(C)c1c(-c2ccnc(N)c2)[nH]c2ccc(C(=O)O)cc12. The van der Waals surface area contributed by atoms with Crippen molar-refractivity contribution in [1.82, 2.24) is 9.97 Å². The first-order chi connectivity index (χ1) is 10.5. The Morgan fingerprint density at radius 1 is 1.27 bits per heavy atom. The Balaban J connectivity index is 2.31. The zero-order valence-corrected chi connectivity index (χ0v) is 12.4. The molecule has 0 aliphatic heterocycles. The van der Waals surface area contributed by atoms with Crippen LogP contribution < -0.4 is 5.73 Å². The molecule has 0 saturated carbocycles. The van der Waals surface area contributed by atoms with E-state index in [-0.39, 0.29) is 11.5 Å². The van der Waals surface area contributed by atoms with E-state index in [4.69, 9.17) is 5.73 Å². The van der Waals surface area contributed by atoms with Gasteiger partial charge in [0.15, 0.2) is 0 Å². The highest BCUT2D eigenvalue weighted by Crippen LogP contribution is 2.36. The molecule has 0 aliphatic carbocycles. The summed E-state index contributed by atoms with van der Waals surface area (Å²) < 4.78 is 0. The topological polar surface area (TPSA) is 92.0 Å². The van der Waals surface area contributed by atoms with E-state index in [0.29, 0.717) is 5.82 Å². The third kappa shape index (κ3) is 2.30. The van der Waals surface area contributed by atoms with Gasteiger partial charge in [-0.05, 0) is 41.8 Å². The van der Waals surface area contributed by atoms with Gasteiger partial charge in [-0.25, -0.2) is 9.78 Å². The van der Waals surface area contributed by atoms with Crippen LogP contribution in [0.5, 0.6) is 0 Å². The second-order valence-electron chi connectivity index (χ2n) is 5.60. The van der Waals surface area contributed by atoms with E-state index in [0.717, 1.165) is 27.7 Å². The van der Waals surface area contributed by atoms with Crippen LogP contribution >= 0.6 is 0 Å². The van der Waals surface area contributed by atoms with Crippen LogP contribution in [0.25, 0.3) is 22.2 Å². The van der Waals surface area contributed by atoms with E-state index >= 15 is 0 Å². The predicted molar refractivity (Wildman–Crippen MR) is 87.0 cm³/mol. The minimum absolute atomic E-state index is 0.238. The number of benzene rings is 1. The summed E-state index contributed by atoms with van der Waals surface area (Å²) >= 11 is 0. The first kappa shape index (κ1) is 14.1. The number of hydrogen-bond donors (Lipinski definition) is 3. The summed E-state index contributed by atoms with van der Waals surface area (Å²) in [5.41, 5.74) is 9.97. The number of carboxylic acid groups (broad SMARTS) is 1. The number of nitrogens with zero attached hydrogens (tertiary/aromatic N) is 1. The van der Waals surface area contributed by atoms with Crippen molar-refractivity contribution in [2.75, 3.05) is 5.73 Å². The van der Waals surface area contributed by atoms with Crippen LogP contribution in [0.3, 0.4) is 0 Å². The number of anilines is 1. The lowest BCUT2D eigenvalue weighted by Gasteiger charge is -2.09. The van der Waals surface area contributed by atoms with Crippen molar-refractivity contribution in [2.45, 2.75) is 19.8 Å². The molecule has 2 aromatic heterocycles. The summed E-state index contributed by atoms with van der Waals surface area (Å²) in [4.78, 5) is 18.6. The number of fused-ring (bicyclic) bond motifs is 1. The Morgan fingerprint density at radius 2 is 2.05 bits per heavy atom. The summed E-state index contributed by atoms with van der Waals surface area (Å²) in [6.45, 7) is 4.17. The molecule has 112 valence electrons. The molecule has 1 aromatic carbocycles. The van der Waals surface area contributed by atoms with Crippen LogP contribution in [0.15, 0.2) is 36.5 Å². The molecule has 0 amide bonds. The van der Waals surface area contributed by atoms with Gasteiger partial charge in [-0.3, -0.25) is 0 Å². The highest BCUT2D eigenvalue weighted by molar-refractivity contribution is 5.97. The van der Waals surface area contributed by atoms with Crippen molar-refractivity contribution in [3.63, 3.8) is 0 Å². The molecule has 22 heavy (non-hydrogen) atoms. The number of aromatic amines is 1. The summed E-state index contributed by atoms with van der Waals surface area (Å²) in [7, 11) is 0. The zero-order valence-electron chi connectivity index (χ0n) is 12.4. The van der Waals surface area contributed by atoms with Gasteiger partial charge >= 0.3 is 5.97 Å². The number of nitrogens with two attached hydrogens (primary N) is 1. The molecule has 5 heteroatoms. The first-order valence-corrected chi connectivity index (χ1v) is 7.08. The molecular formula is C17H17N3O2. The molecule has 0 saturated heterocycles. The van der Waals surface area contributed by atoms with Crippen LogP contribution in [0, 0.1) is 0 Å². The normalized spacial score (nSPS) is 11.2. The number of nitrogen functional groups attached to an aromatic ring is 1. The van der Waals surface area contributed by atoms with Crippen molar-refractivity contribution in [2.24, 2.45) is 0 Å². The van der Waals surface area contributed by atoms with Gasteiger partial charge in [-0.1, -0.05) is 13.8 Å². The summed E-state index contributed by atoms with van der Waals surface area (Å²) in [6.07, 6.45) is 1.67. The Morgan fingerprint density at radius 3 is 2.68 bits per heavy atom. The molecule has 2 heterocycles. The molecule has 0 spiro atoms. The number of carboxylic acids is 1. The van der Waals surface area contributed by atoms with E-state index in [1.54, 1.807) is 24.4 Å². The number of aromatic carboxylic acids is 1. The number of carbonyl (C=O) groups is 1. The average molecular weight is 295 g/mol. The van der Waals surface area contributed by atoms with Gasteiger partial charge in [0.05, 0.1) is 11.3 Å². The van der Waals surface area contributed by atoms with Crippen molar-refractivity contribution in [3.05, 3.63) is 47.7 Å². The van der Waals surface area contributed by atoms with E-state index in [2.05, 4.69) is 23.8 Å². The lowest BCUT2D eigenvalue weighted by atomic mass is 9.95. The van der Waals surface area contributed by atoms with Crippen LogP contribution in [-0.4, -0.2) is 21.0 Å². The summed E-state index contributed by atoms with van der Waals surface area (Å²) in [6, 6.07) is 8.84. The van der Waals surface area contributed by atoms with Crippen LogP contribution in [0.4, 0.5) is 5.82 Å². The Kier molecular flexibility index (Phi) is 3.33. The van der Waals surface area contributed by atoms with Crippen LogP contribution in [0.1, 0.15) is 35.7 Å². The zero-order chi connectivity index (χ0) is 15.9. The molecule has 4 N–H and O–H groups in total. The maximum Gasteiger partial charge on any atom is 0.335 e. The lowest BCUT2D eigenvalue weighted by Crippen LogP contribution is -1.96. The van der Waals surface area contributed by atoms with Crippen LogP contribution in [0.2, 0.25) is 0 Å². The van der Waals surface area contributed by atoms with Crippen molar-refractivity contribution in [3.8, 4) is 11.3 Å². The predicted octanol–water partition coefficient (Wildman–Crippen LogP) is 3.63. The van der Waals surface area contributed by atoms with Crippen molar-refractivity contribution in [1.29, 1.82) is 0 Å². The third-order valence-corrected chi connectivity index (χ3v) is 3.73. The van der Waals surface area contributed by atoms with E-state index in [1.165, 1.54) is 0 Å². The molecule has 0 atom stereocenters. The maximum absolute atomic E-state index is 11.2. The fourth-order valence-corrected chi connectivity index (χ4v) is 2.78. The molecule has 0 fully saturated rings. The van der Waals surface area contributed by atoms with E-state index < -0.39 is 5.97 Å². The minimum atomic E-state index is -0.924. The quantitative estimate of drug-likeness (QED) is 0.688. The fourth-order valence-electron chi connectivity index (χ4n) is 2.78. The first-order valence-electron chi connectivity index (χ1n) is 7.08. The van der Waals surface area contributed by atoms with Gasteiger partial charge < -0.3 is 15.8 Å². The maximum atomic E-state index is 11.2. The summed E-state index contributed by atoms with van der Waals surface area (Å²) in [5.74, 6) is -0.230. The number of aromatic nitrogens is 2. The highest BCUT2D eigenvalue weighted by Gasteiger charge is 2.17. The third-order valence-electron chi connectivity index (χ3n) is 3.73. The standard InChI is InChI=1S/C17H17N3O2/c1-9(2)15-12-7-11(17(21)22)3-4-13(12)20-16(15)10-5-6-19-14(18)8-10/h3-9,20H,1-2H3,(H2,18,19)(H,21,22). The molecular weight excluding hydrogens is 278 g/mol. The Bertz CT molecular complexity index is 865. The second-order valence-corrected chi connectivity index (χ2v) is 5.60. The molecule has 5 nitrogen and oxygen atoms in total. The largest absolute Gasteiger partial charge is 0.478 e. The number of hydrogen-bond acceptors (Lipinski definition) is 3. The number of rotatable bonds is 3. The molecule has 0 aliphatic rings. The summed E-state index contributed by atoms with van der Waals surface area (Å²) in [5, 5.41) is 10.1. The van der Waals surface area contributed by atoms with E-state index in [1.807, 2.05) is 12.1 Å². The number of nitrogens with one attached hydrogen (secondary N) is 1. The van der Waals surface area contributed by atoms with Crippen LogP contribution in [-0.2, 0) is 0 Å². The van der Waals surface area contributed by atoms with Gasteiger partial charge in [0.2, 0.25) is 0 Å². The highest BCUT2D eigenvalue weighted by atomic mass is 16.4. The lowest BCUT2D eigenvalue weighted by molar-refractivity contribution is 0.0697. The van der Waals surface area contributed by atoms with Gasteiger partial charge in [-0.2, -0.15) is 0 Å². The molecule has 0 bridgehead atoms. The molecule has 3 rings (SSSR count). The van der Waals surface area contributed by atoms with Gasteiger partial charge in [0.1, 0.15) is 5.82 Å². The smallest absolute Gasteiger partial charge is 0.335 e. The minimum Gasteiger partial charge on any atom is -0.478 e. The monoisotopic (exact) mass is 295 g/mol. The van der Waals surface area contributed by atoms with Gasteiger partial charge in [0.25, 0.3) is 0 Å². The second kappa shape index (κ2) is 5.18. The molecule has 0 radical (unpaired) electrons.